The molecule has 0 radical (unpaired) electrons. The van der Waals surface area contributed by atoms with Crippen molar-refractivity contribution in [3.63, 3.8) is 0 Å². The number of rotatable bonds is 3. The zero-order valence-corrected chi connectivity index (χ0v) is 11.5. The van der Waals surface area contributed by atoms with E-state index in [-0.39, 0.29) is 23.6 Å². The SMILES string of the molecule is Cc1noc(C)c1CN(C)C(=O)c1c(O)cccc1O. The predicted molar refractivity (Wildman–Crippen MR) is 71.5 cm³/mol. The van der Waals surface area contributed by atoms with E-state index >= 15 is 0 Å². The molecule has 0 aliphatic heterocycles. The first-order valence-electron chi connectivity index (χ1n) is 6.10. The second kappa shape index (κ2) is 5.24. The van der Waals surface area contributed by atoms with Crippen LogP contribution in [0.25, 0.3) is 0 Å². The standard InChI is InChI=1S/C14H16N2O4/c1-8-10(9(2)20-15-8)7-16(3)14(19)13-11(17)5-4-6-12(13)18/h4-6,17-18H,7H2,1-3H3. The first-order chi connectivity index (χ1) is 9.41. The van der Waals surface area contributed by atoms with Crippen LogP contribution in [-0.4, -0.2) is 33.2 Å². The maximum Gasteiger partial charge on any atom is 0.261 e. The van der Waals surface area contributed by atoms with Gasteiger partial charge in [-0.2, -0.15) is 0 Å². The van der Waals surface area contributed by atoms with Crippen molar-refractivity contribution in [2.75, 3.05) is 7.05 Å². The fraction of sp³-hybridized carbons (Fsp3) is 0.286. The van der Waals surface area contributed by atoms with E-state index in [2.05, 4.69) is 5.16 Å². The molecule has 6 heteroatoms. The summed E-state index contributed by atoms with van der Waals surface area (Å²) in [6.45, 7) is 3.85. The van der Waals surface area contributed by atoms with Crippen LogP contribution in [0, 0.1) is 13.8 Å². The highest BCUT2D eigenvalue weighted by molar-refractivity contribution is 5.99. The molecule has 0 saturated carbocycles. The minimum Gasteiger partial charge on any atom is -0.507 e. The molecule has 0 saturated heterocycles. The van der Waals surface area contributed by atoms with Crippen LogP contribution in [0.3, 0.4) is 0 Å². The van der Waals surface area contributed by atoms with E-state index in [0.29, 0.717) is 11.5 Å². The average molecular weight is 276 g/mol. The molecule has 6 nitrogen and oxygen atoms in total. The Labute approximate surface area is 116 Å². The maximum atomic E-state index is 12.3. The van der Waals surface area contributed by atoms with Gasteiger partial charge in [-0.3, -0.25) is 4.79 Å². The molecule has 0 fully saturated rings. The van der Waals surface area contributed by atoms with Crippen LogP contribution in [-0.2, 0) is 6.54 Å². The quantitative estimate of drug-likeness (QED) is 0.895. The number of aryl methyl sites for hydroxylation is 2. The zero-order valence-electron chi connectivity index (χ0n) is 11.5. The summed E-state index contributed by atoms with van der Waals surface area (Å²) in [5.74, 6) is -0.328. The number of phenolic OH excluding ortho intramolecular Hbond substituents is 2. The Kier molecular flexibility index (Phi) is 3.65. The van der Waals surface area contributed by atoms with Gasteiger partial charge in [-0.1, -0.05) is 11.2 Å². The van der Waals surface area contributed by atoms with Gasteiger partial charge in [0.05, 0.1) is 12.2 Å². The first kappa shape index (κ1) is 13.9. The monoisotopic (exact) mass is 276 g/mol. The van der Waals surface area contributed by atoms with Crippen molar-refractivity contribution in [3.8, 4) is 11.5 Å². The van der Waals surface area contributed by atoms with Gasteiger partial charge in [-0.25, -0.2) is 0 Å². The van der Waals surface area contributed by atoms with Crippen molar-refractivity contribution in [1.29, 1.82) is 0 Å². The number of hydrogen-bond donors (Lipinski definition) is 2. The Morgan fingerprint density at radius 3 is 2.40 bits per heavy atom. The third-order valence-corrected chi connectivity index (χ3v) is 3.16. The van der Waals surface area contributed by atoms with Gasteiger partial charge in [-0.05, 0) is 26.0 Å². The first-order valence-corrected chi connectivity index (χ1v) is 6.10. The summed E-state index contributed by atoms with van der Waals surface area (Å²) in [6, 6.07) is 4.18. The lowest BCUT2D eigenvalue weighted by Gasteiger charge is -2.18. The van der Waals surface area contributed by atoms with Gasteiger partial charge in [-0.15, -0.1) is 0 Å². The summed E-state index contributed by atoms with van der Waals surface area (Å²) in [5.41, 5.74) is 1.42. The van der Waals surface area contributed by atoms with Crippen molar-refractivity contribution in [3.05, 3.63) is 40.8 Å². The molecule has 2 rings (SSSR count). The molecule has 0 bridgehead atoms. The number of carbonyl (C=O) groups excluding carboxylic acids is 1. The normalized spacial score (nSPS) is 10.6. The molecular weight excluding hydrogens is 260 g/mol. The summed E-state index contributed by atoms with van der Waals surface area (Å²) in [7, 11) is 1.58. The van der Waals surface area contributed by atoms with E-state index in [1.165, 1.54) is 23.1 Å². The summed E-state index contributed by atoms with van der Waals surface area (Å²) >= 11 is 0. The van der Waals surface area contributed by atoms with Crippen molar-refractivity contribution >= 4 is 5.91 Å². The highest BCUT2D eigenvalue weighted by atomic mass is 16.5. The molecule has 1 amide bonds. The molecule has 1 aromatic carbocycles. The van der Waals surface area contributed by atoms with E-state index in [9.17, 15) is 15.0 Å². The van der Waals surface area contributed by atoms with E-state index in [4.69, 9.17) is 4.52 Å². The number of aromatic nitrogens is 1. The highest BCUT2D eigenvalue weighted by Gasteiger charge is 2.22. The lowest BCUT2D eigenvalue weighted by atomic mass is 10.1. The van der Waals surface area contributed by atoms with E-state index in [0.717, 1.165) is 5.56 Å². The number of amides is 1. The van der Waals surface area contributed by atoms with E-state index in [1.54, 1.807) is 20.9 Å². The summed E-state index contributed by atoms with van der Waals surface area (Å²) in [5, 5.41) is 23.2. The lowest BCUT2D eigenvalue weighted by Crippen LogP contribution is -2.26. The number of hydrogen-bond acceptors (Lipinski definition) is 5. The van der Waals surface area contributed by atoms with Crippen molar-refractivity contribution in [2.45, 2.75) is 20.4 Å². The van der Waals surface area contributed by atoms with Crippen molar-refractivity contribution < 1.29 is 19.5 Å². The molecular formula is C14H16N2O4. The van der Waals surface area contributed by atoms with Crippen molar-refractivity contribution in [2.24, 2.45) is 0 Å². The lowest BCUT2D eigenvalue weighted by molar-refractivity contribution is 0.0778. The fourth-order valence-corrected chi connectivity index (χ4v) is 1.97. The molecule has 0 aliphatic rings. The number of phenols is 2. The van der Waals surface area contributed by atoms with Crippen LogP contribution in [0.5, 0.6) is 11.5 Å². The van der Waals surface area contributed by atoms with E-state index < -0.39 is 5.91 Å². The van der Waals surface area contributed by atoms with Crippen LogP contribution in [0.4, 0.5) is 0 Å². The van der Waals surface area contributed by atoms with Gasteiger partial charge in [0, 0.05) is 12.6 Å². The van der Waals surface area contributed by atoms with Gasteiger partial charge in [0.25, 0.3) is 5.91 Å². The third-order valence-electron chi connectivity index (χ3n) is 3.16. The van der Waals surface area contributed by atoms with Crippen LogP contribution in [0.15, 0.2) is 22.7 Å². The fourth-order valence-electron chi connectivity index (χ4n) is 1.97. The van der Waals surface area contributed by atoms with Crippen LogP contribution < -0.4 is 0 Å². The van der Waals surface area contributed by atoms with Gasteiger partial charge < -0.3 is 19.6 Å². The molecule has 1 heterocycles. The van der Waals surface area contributed by atoms with Gasteiger partial charge >= 0.3 is 0 Å². The Morgan fingerprint density at radius 1 is 1.30 bits per heavy atom. The van der Waals surface area contributed by atoms with Crippen LogP contribution >= 0.6 is 0 Å². The number of carbonyl (C=O) groups is 1. The minimum atomic E-state index is -0.472. The molecule has 0 unspecified atom stereocenters. The second-order valence-electron chi connectivity index (χ2n) is 4.64. The summed E-state index contributed by atoms with van der Waals surface area (Å²) < 4.78 is 5.04. The number of benzene rings is 1. The molecule has 1 aromatic heterocycles. The summed E-state index contributed by atoms with van der Waals surface area (Å²) in [6.07, 6.45) is 0. The maximum absolute atomic E-state index is 12.3. The third kappa shape index (κ3) is 2.45. The highest BCUT2D eigenvalue weighted by Crippen LogP contribution is 2.28. The number of aromatic hydroxyl groups is 2. The minimum absolute atomic E-state index is 0.109. The Bertz CT molecular complexity index is 609. The largest absolute Gasteiger partial charge is 0.507 e. The van der Waals surface area contributed by atoms with E-state index in [1.807, 2.05) is 0 Å². The van der Waals surface area contributed by atoms with Gasteiger partial charge in [0.1, 0.15) is 22.8 Å². The molecule has 2 N–H and O–H groups in total. The smallest absolute Gasteiger partial charge is 0.261 e. The molecule has 106 valence electrons. The van der Waals surface area contributed by atoms with Gasteiger partial charge in [0.15, 0.2) is 0 Å². The van der Waals surface area contributed by atoms with Gasteiger partial charge in [0.2, 0.25) is 0 Å². The molecule has 0 aliphatic carbocycles. The molecule has 0 atom stereocenters. The average Bonchev–Trinajstić information content (AvgIpc) is 2.70. The molecule has 20 heavy (non-hydrogen) atoms. The Balaban J connectivity index is 2.26. The van der Waals surface area contributed by atoms with Crippen LogP contribution in [0.1, 0.15) is 27.4 Å². The zero-order chi connectivity index (χ0) is 14.9. The van der Waals surface area contributed by atoms with Crippen molar-refractivity contribution in [1.82, 2.24) is 10.1 Å². The molecule has 0 spiro atoms. The summed E-state index contributed by atoms with van der Waals surface area (Å²) in [4.78, 5) is 13.7. The second-order valence-corrected chi connectivity index (χ2v) is 4.64. The van der Waals surface area contributed by atoms with Crippen LogP contribution in [0.2, 0.25) is 0 Å². The topological polar surface area (TPSA) is 86.8 Å². The number of nitrogens with zero attached hydrogens (tertiary/aromatic N) is 2. The Morgan fingerprint density at radius 2 is 1.90 bits per heavy atom. The predicted octanol–water partition coefficient (Wildman–Crippen LogP) is 1.97. The Hall–Kier alpha value is -2.50. The molecule has 2 aromatic rings.